The molecule has 0 bridgehead atoms. The Morgan fingerprint density at radius 2 is 2.04 bits per heavy atom. The monoisotopic (exact) mass is 316 g/mol. The molecule has 0 aliphatic carbocycles. The minimum Gasteiger partial charge on any atom is -0.370 e. The molecule has 1 amide bonds. The number of nitrogens with zero attached hydrogens (tertiary/aromatic N) is 5. The number of hydrogen-bond acceptors (Lipinski definition) is 5. The maximum absolute atomic E-state index is 10.9. The van der Waals surface area contributed by atoms with E-state index >= 15 is 0 Å². The summed E-state index contributed by atoms with van der Waals surface area (Å²) in [5.74, 6) is 1.24. The molecular formula is C16H24N6O. The molecular weight excluding hydrogens is 292 g/mol. The minimum absolute atomic E-state index is 0.235. The van der Waals surface area contributed by atoms with Crippen molar-refractivity contribution in [1.82, 2.24) is 19.5 Å². The van der Waals surface area contributed by atoms with E-state index in [-0.39, 0.29) is 5.91 Å². The molecule has 7 heteroatoms. The first-order chi connectivity index (χ1) is 11.0. The van der Waals surface area contributed by atoms with E-state index in [9.17, 15) is 4.79 Å². The lowest BCUT2D eigenvalue weighted by Crippen LogP contribution is -2.47. The summed E-state index contributed by atoms with van der Waals surface area (Å²) in [6.07, 6.45) is 2.22. The van der Waals surface area contributed by atoms with Gasteiger partial charge in [-0.25, -0.2) is 4.98 Å². The zero-order valence-electron chi connectivity index (χ0n) is 13.8. The van der Waals surface area contributed by atoms with E-state index < -0.39 is 0 Å². The van der Waals surface area contributed by atoms with Crippen LogP contribution in [0.3, 0.4) is 0 Å². The lowest BCUT2D eigenvalue weighted by atomic mass is 10.1. The molecule has 0 spiro atoms. The Morgan fingerprint density at radius 1 is 1.30 bits per heavy atom. The molecule has 3 rings (SSSR count). The summed E-state index contributed by atoms with van der Waals surface area (Å²) in [6.45, 7) is 8.73. The molecule has 124 valence electrons. The summed E-state index contributed by atoms with van der Waals surface area (Å²) in [4.78, 5) is 20.2. The number of piperazine rings is 1. The summed E-state index contributed by atoms with van der Waals surface area (Å²) in [5.41, 5.74) is 7.21. The van der Waals surface area contributed by atoms with Gasteiger partial charge in [-0.3, -0.25) is 9.69 Å². The average Bonchev–Trinajstić information content (AvgIpc) is 3.01. The molecule has 1 saturated heterocycles. The Bertz CT molecular complexity index is 687. The van der Waals surface area contributed by atoms with Gasteiger partial charge in [0.15, 0.2) is 5.65 Å². The highest BCUT2D eigenvalue weighted by molar-refractivity contribution is 5.73. The second-order valence-corrected chi connectivity index (χ2v) is 6.34. The van der Waals surface area contributed by atoms with Crippen LogP contribution in [-0.4, -0.2) is 58.1 Å². The number of hydrogen-bond donors (Lipinski definition) is 1. The SMILES string of the molecule is CC(C)c1cc(N2CCN(CCC(N)=O)CC2)n2nccc2n1. The van der Waals surface area contributed by atoms with Crippen LogP contribution in [0, 0.1) is 0 Å². The fourth-order valence-corrected chi connectivity index (χ4v) is 2.91. The number of carbonyl (C=O) groups is 1. The molecule has 0 aromatic carbocycles. The van der Waals surface area contributed by atoms with Gasteiger partial charge in [0.25, 0.3) is 0 Å². The number of rotatable bonds is 5. The van der Waals surface area contributed by atoms with Crippen molar-refractivity contribution in [2.45, 2.75) is 26.2 Å². The summed E-state index contributed by atoms with van der Waals surface area (Å²) in [6, 6.07) is 4.09. The van der Waals surface area contributed by atoms with Crippen molar-refractivity contribution in [2.75, 3.05) is 37.6 Å². The van der Waals surface area contributed by atoms with Crippen LogP contribution in [0.5, 0.6) is 0 Å². The Hall–Kier alpha value is -2.15. The van der Waals surface area contributed by atoms with Crippen molar-refractivity contribution < 1.29 is 4.79 Å². The highest BCUT2D eigenvalue weighted by Crippen LogP contribution is 2.22. The lowest BCUT2D eigenvalue weighted by molar-refractivity contribution is -0.118. The molecule has 2 aromatic heterocycles. The molecule has 1 aliphatic rings. The number of amides is 1. The van der Waals surface area contributed by atoms with Gasteiger partial charge in [0.05, 0.1) is 6.20 Å². The predicted molar refractivity (Wildman–Crippen MR) is 89.5 cm³/mol. The van der Waals surface area contributed by atoms with Crippen molar-refractivity contribution in [2.24, 2.45) is 5.73 Å². The van der Waals surface area contributed by atoms with Crippen LogP contribution in [-0.2, 0) is 4.79 Å². The molecule has 0 atom stereocenters. The smallest absolute Gasteiger partial charge is 0.218 e. The van der Waals surface area contributed by atoms with E-state index in [1.807, 2.05) is 10.6 Å². The highest BCUT2D eigenvalue weighted by Gasteiger charge is 2.21. The Labute approximate surface area is 136 Å². The van der Waals surface area contributed by atoms with Crippen molar-refractivity contribution >= 4 is 17.4 Å². The van der Waals surface area contributed by atoms with E-state index in [0.717, 1.165) is 49.9 Å². The van der Waals surface area contributed by atoms with Crippen LogP contribution in [0.15, 0.2) is 18.3 Å². The van der Waals surface area contributed by atoms with Gasteiger partial charge in [-0.2, -0.15) is 9.61 Å². The van der Waals surface area contributed by atoms with Crippen LogP contribution >= 0.6 is 0 Å². The Balaban J connectivity index is 1.76. The van der Waals surface area contributed by atoms with Gasteiger partial charge in [-0.05, 0) is 5.92 Å². The van der Waals surface area contributed by atoms with E-state index in [0.29, 0.717) is 12.3 Å². The van der Waals surface area contributed by atoms with Crippen LogP contribution in [0.1, 0.15) is 31.9 Å². The van der Waals surface area contributed by atoms with E-state index in [2.05, 4.69) is 39.8 Å². The quantitative estimate of drug-likeness (QED) is 0.884. The summed E-state index contributed by atoms with van der Waals surface area (Å²) < 4.78 is 1.91. The Morgan fingerprint density at radius 3 is 2.70 bits per heavy atom. The fourth-order valence-electron chi connectivity index (χ4n) is 2.91. The third-order valence-electron chi connectivity index (χ3n) is 4.32. The largest absolute Gasteiger partial charge is 0.370 e. The Kier molecular flexibility index (Phi) is 4.47. The normalized spacial score (nSPS) is 16.4. The molecule has 3 heterocycles. The van der Waals surface area contributed by atoms with Gasteiger partial charge in [-0.1, -0.05) is 13.8 Å². The van der Waals surface area contributed by atoms with Crippen LogP contribution < -0.4 is 10.6 Å². The first kappa shape index (κ1) is 15.7. The molecule has 2 N–H and O–H groups in total. The van der Waals surface area contributed by atoms with Gasteiger partial charge < -0.3 is 10.6 Å². The van der Waals surface area contributed by atoms with Gasteiger partial charge in [0, 0.05) is 57.0 Å². The van der Waals surface area contributed by atoms with E-state index in [1.165, 1.54) is 0 Å². The first-order valence-corrected chi connectivity index (χ1v) is 8.15. The molecule has 1 aliphatic heterocycles. The molecule has 0 radical (unpaired) electrons. The van der Waals surface area contributed by atoms with Gasteiger partial charge in [-0.15, -0.1) is 0 Å². The molecule has 1 fully saturated rings. The maximum Gasteiger partial charge on any atom is 0.218 e. The summed E-state index contributed by atoms with van der Waals surface area (Å²) in [7, 11) is 0. The van der Waals surface area contributed by atoms with Crippen LogP contribution in [0.25, 0.3) is 5.65 Å². The van der Waals surface area contributed by atoms with Gasteiger partial charge in [0.1, 0.15) is 5.82 Å². The number of anilines is 1. The van der Waals surface area contributed by atoms with E-state index in [1.54, 1.807) is 6.20 Å². The summed E-state index contributed by atoms with van der Waals surface area (Å²) >= 11 is 0. The number of fused-ring (bicyclic) bond motifs is 1. The van der Waals surface area contributed by atoms with Crippen molar-refractivity contribution in [3.63, 3.8) is 0 Å². The molecule has 7 nitrogen and oxygen atoms in total. The molecule has 0 saturated carbocycles. The van der Waals surface area contributed by atoms with Gasteiger partial charge >= 0.3 is 0 Å². The number of primary amides is 1. The summed E-state index contributed by atoms with van der Waals surface area (Å²) in [5, 5.41) is 4.41. The van der Waals surface area contributed by atoms with Crippen molar-refractivity contribution in [1.29, 1.82) is 0 Å². The topological polar surface area (TPSA) is 79.8 Å². The number of carbonyl (C=O) groups excluding carboxylic acids is 1. The van der Waals surface area contributed by atoms with E-state index in [4.69, 9.17) is 5.73 Å². The molecule has 23 heavy (non-hydrogen) atoms. The number of nitrogens with two attached hydrogens (primary N) is 1. The average molecular weight is 316 g/mol. The predicted octanol–water partition coefficient (Wildman–Crippen LogP) is 0.850. The lowest BCUT2D eigenvalue weighted by Gasteiger charge is -2.36. The maximum atomic E-state index is 10.9. The van der Waals surface area contributed by atoms with Crippen molar-refractivity contribution in [3.8, 4) is 0 Å². The molecule has 0 unspecified atom stereocenters. The fraction of sp³-hybridized carbons (Fsp3) is 0.562. The highest BCUT2D eigenvalue weighted by atomic mass is 16.1. The standard InChI is InChI=1S/C16H24N6O/c1-12(2)13-11-16(22-15(19-13)3-5-18-22)21-9-7-20(8-10-21)6-4-14(17)23/h3,5,11-12H,4,6-10H2,1-2H3,(H2,17,23). The first-order valence-electron chi connectivity index (χ1n) is 8.15. The minimum atomic E-state index is -0.235. The van der Waals surface area contributed by atoms with Crippen molar-refractivity contribution in [3.05, 3.63) is 24.0 Å². The third kappa shape index (κ3) is 3.44. The number of aromatic nitrogens is 3. The zero-order valence-corrected chi connectivity index (χ0v) is 13.8. The second-order valence-electron chi connectivity index (χ2n) is 6.34. The van der Waals surface area contributed by atoms with Gasteiger partial charge in [0.2, 0.25) is 5.91 Å². The van der Waals surface area contributed by atoms with Crippen LogP contribution in [0.4, 0.5) is 5.82 Å². The van der Waals surface area contributed by atoms with Crippen LogP contribution in [0.2, 0.25) is 0 Å². The third-order valence-corrected chi connectivity index (χ3v) is 4.32. The zero-order chi connectivity index (χ0) is 16.4. The second kappa shape index (κ2) is 6.54. The molecule has 2 aromatic rings.